The van der Waals surface area contributed by atoms with Gasteiger partial charge in [-0.25, -0.2) is 14.4 Å². The summed E-state index contributed by atoms with van der Waals surface area (Å²) in [5.74, 6) is 0.125. The van der Waals surface area contributed by atoms with Crippen molar-refractivity contribution in [2.45, 2.75) is 17.8 Å². The Kier molecular flexibility index (Phi) is 4.91. The number of thiazole rings is 1. The first-order chi connectivity index (χ1) is 13.1. The van der Waals surface area contributed by atoms with Gasteiger partial charge in [-0.1, -0.05) is 17.8 Å². The number of aromatic nitrogens is 3. The highest BCUT2D eigenvalue weighted by atomic mass is 32.2. The van der Waals surface area contributed by atoms with Gasteiger partial charge in [0.25, 0.3) is 0 Å². The van der Waals surface area contributed by atoms with Crippen LogP contribution in [0.15, 0.2) is 65.4 Å². The van der Waals surface area contributed by atoms with E-state index in [9.17, 15) is 9.18 Å². The van der Waals surface area contributed by atoms with Crippen LogP contribution >= 0.6 is 23.1 Å². The number of nitrogens with zero attached hydrogens (tertiary/aromatic N) is 4. The van der Waals surface area contributed by atoms with Gasteiger partial charge in [0.15, 0.2) is 10.3 Å². The largest absolute Gasteiger partial charge is 0.295 e. The minimum absolute atomic E-state index is 0.172. The number of hydrogen-bond acceptors (Lipinski definition) is 5. The van der Waals surface area contributed by atoms with E-state index in [0.29, 0.717) is 16.6 Å². The van der Waals surface area contributed by atoms with Crippen molar-refractivity contribution in [2.24, 2.45) is 0 Å². The molecule has 0 spiro atoms. The number of hydrogen-bond donors (Lipinski definition) is 0. The second-order valence-electron chi connectivity index (χ2n) is 5.78. The molecule has 0 bridgehead atoms. The van der Waals surface area contributed by atoms with E-state index in [2.05, 4.69) is 9.97 Å². The second-order valence-corrected chi connectivity index (χ2v) is 7.56. The molecule has 0 N–H and O–H groups in total. The molecule has 136 valence electrons. The molecule has 0 radical (unpaired) electrons. The van der Waals surface area contributed by atoms with Crippen molar-refractivity contribution in [3.8, 4) is 0 Å². The summed E-state index contributed by atoms with van der Waals surface area (Å²) in [4.78, 5) is 22.6. The molecule has 0 aliphatic carbocycles. The minimum Gasteiger partial charge on any atom is -0.295 e. The Labute approximate surface area is 163 Å². The molecule has 1 aromatic carbocycles. The molecule has 0 saturated heterocycles. The topological polar surface area (TPSA) is 50.5 Å². The summed E-state index contributed by atoms with van der Waals surface area (Å²) in [7, 11) is 0. The Balaban J connectivity index is 1.53. The average molecular weight is 398 g/mol. The van der Waals surface area contributed by atoms with E-state index in [1.54, 1.807) is 23.9 Å². The summed E-state index contributed by atoms with van der Waals surface area (Å²) in [6, 6.07) is 11.8. The van der Waals surface area contributed by atoms with Crippen molar-refractivity contribution in [3.05, 3.63) is 71.7 Å². The van der Waals surface area contributed by atoms with Crippen LogP contribution in [0.5, 0.6) is 0 Å². The lowest BCUT2D eigenvalue weighted by atomic mass is 10.3. The Morgan fingerprint density at radius 1 is 1.26 bits per heavy atom. The number of anilines is 2. The highest BCUT2D eigenvalue weighted by Crippen LogP contribution is 2.31. The van der Waals surface area contributed by atoms with Crippen LogP contribution in [0.1, 0.15) is 12.6 Å². The van der Waals surface area contributed by atoms with E-state index >= 15 is 0 Å². The predicted octanol–water partition coefficient (Wildman–Crippen LogP) is 4.91. The molecule has 3 aromatic heterocycles. The number of pyridine rings is 1. The molecule has 0 atom stereocenters. The highest BCUT2D eigenvalue weighted by molar-refractivity contribution is 7.98. The minimum atomic E-state index is -0.342. The van der Waals surface area contributed by atoms with Gasteiger partial charge in [-0.15, -0.1) is 11.3 Å². The van der Waals surface area contributed by atoms with Gasteiger partial charge in [-0.2, -0.15) is 0 Å². The third-order valence-electron chi connectivity index (χ3n) is 3.88. The third-order valence-corrected chi connectivity index (χ3v) is 5.76. The number of imidazole rings is 1. The lowest BCUT2D eigenvalue weighted by molar-refractivity contribution is -0.115. The molecule has 1 amide bonds. The van der Waals surface area contributed by atoms with Gasteiger partial charge < -0.3 is 0 Å². The van der Waals surface area contributed by atoms with Crippen LogP contribution in [0.4, 0.5) is 15.2 Å². The number of benzene rings is 1. The maximum atomic E-state index is 13.2. The van der Waals surface area contributed by atoms with Crippen LogP contribution in [0.2, 0.25) is 0 Å². The fourth-order valence-corrected chi connectivity index (χ4v) is 4.50. The second kappa shape index (κ2) is 7.50. The Morgan fingerprint density at radius 3 is 2.85 bits per heavy atom. The Bertz CT molecular complexity index is 1090. The predicted molar refractivity (Wildman–Crippen MR) is 106 cm³/mol. The molecule has 8 heteroatoms. The SMILES string of the molecule is CC(=O)N(c1ccc(F)cc1)c1nc(CSc2ncc3ccccn23)cs1. The lowest BCUT2D eigenvalue weighted by Crippen LogP contribution is -2.22. The number of halogens is 1. The monoisotopic (exact) mass is 398 g/mol. The van der Waals surface area contributed by atoms with Crippen LogP contribution in [-0.4, -0.2) is 20.3 Å². The summed E-state index contributed by atoms with van der Waals surface area (Å²) in [5, 5.41) is 3.39. The van der Waals surface area contributed by atoms with Gasteiger partial charge in [0.05, 0.1) is 23.1 Å². The number of fused-ring (bicyclic) bond motifs is 1. The van der Waals surface area contributed by atoms with Crippen LogP contribution < -0.4 is 4.90 Å². The molecule has 3 heterocycles. The van der Waals surface area contributed by atoms with Crippen molar-refractivity contribution in [1.29, 1.82) is 0 Å². The van der Waals surface area contributed by atoms with Gasteiger partial charge in [0.1, 0.15) is 5.82 Å². The maximum Gasteiger partial charge on any atom is 0.230 e. The molecule has 4 rings (SSSR count). The van der Waals surface area contributed by atoms with Crippen LogP contribution in [0.25, 0.3) is 5.52 Å². The van der Waals surface area contributed by atoms with Crippen LogP contribution in [-0.2, 0) is 10.5 Å². The van der Waals surface area contributed by atoms with Crippen LogP contribution in [0, 0.1) is 5.82 Å². The van der Waals surface area contributed by atoms with Crippen LogP contribution in [0.3, 0.4) is 0 Å². The molecule has 0 aliphatic rings. The number of carbonyl (C=O) groups excluding carboxylic acids is 1. The third kappa shape index (κ3) is 3.72. The molecular formula is C19H15FN4OS2. The first-order valence-corrected chi connectivity index (χ1v) is 10.0. The molecule has 4 aromatic rings. The van der Waals surface area contributed by atoms with E-state index in [1.807, 2.05) is 40.4 Å². The summed E-state index contributed by atoms with van der Waals surface area (Å²) < 4.78 is 15.2. The summed E-state index contributed by atoms with van der Waals surface area (Å²) in [6.07, 6.45) is 3.81. The molecule has 5 nitrogen and oxygen atoms in total. The smallest absolute Gasteiger partial charge is 0.230 e. The zero-order chi connectivity index (χ0) is 18.8. The summed E-state index contributed by atoms with van der Waals surface area (Å²) >= 11 is 2.97. The fraction of sp³-hybridized carbons (Fsp3) is 0.105. The Hall–Kier alpha value is -2.71. The maximum absolute atomic E-state index is 13.2. The summed E-state index contributed by atoms with van der Waals surface area (Å²) in [6.45, 7) is 1.47. The van der Waals surface area contributed by atoms with Crippen molar-refractivity contribution in [3.63, 3.8) is 0 Å². The standard InChI is InChI=1S/C19H15FN4OS2/c1-13(25)24(16-7-5-14(20)6-8-16)19-22-15(12-27-19)11-26-18-21-10-17-4-2-3-9-23(17)18/h2-10,12H,11H2,1H3. The van der Waals surface area contributed by atoms with E-state index in [-0.39, 0.29) is 11.7 Å². The normalized spacial score (nSPS) is 11.0. The number of thioether (sulfide) groups is 1. The number of amides is 1. The average Bonchev–Trinajstić information content (AvgIpc) is 3.29. The van der Waals surface area contributed by atoms with Gasteiger partial charge in [-0.3, -0.25) is 14.1 Å². The zero-order valence-electron chi connectivity index (χ0n) is 14.4. The van der Waals surface area contributed by atoms with Crippen molar-refractivity contribution in [2.75, 3.05) is 4.90 Å². The summed E-state index contributed by atoms with van der Waals surface area (Å²) in [5.41, 5.74) is 2.50. The van der Waals surface area contributed by atoms with Gasteiger partial charge in [-0.05, 0) is 36.4 Å². The van der Waals surface area contributed by atoms with Crippen molar-refractivity contribution >= 4 is 45.3 Å². The molecule has 27 heavy (non-hydrogen) atoms. The molecule has 0 fully saturated rings. The first-order valence-electron chi connectivity index (χ1n) is 8.17. The first kappa shape index (κ1) is 17.7. The fourth-order valence-electron chi connectivity index (χ4n) is 2.65. The lowest BCUT2D eigenvalue weighted by Gasteiger charge is -2.17. The van der Waals surface area contributed by atoms with E-state index in [0.717, 1.165) is 16.4 Å². The highest BCUT2D eigenvalue weighted by Gasteiger charge is 2.18. The van der Waals surface area contributed by atoms with Gasteiger partial charge in [0.2, 0.25) is 5.91 Å². The van der Waals surface area contributed by atoms with E-state index in [1.165, 1.54) is 35.3 Å². The Morgan fingerprint density at radius 2 is 2.07 bits per heavy atom. The van der Waals surface area contributed by atoms with Gasteiger partial charge in [0, 0.05) is 24.3 Å². The van der Waals surface area contributed by atoms with Crippen molar-refractivity contribution in [1.82, 2.24) is 14.4 Å². The zero-order valence-corrected chi connectivity index (χ0v) is 16.0. The molecular weight excluding hydrogens is 383 g/mol. The molecule has 0 saturated carbocycles. The van der Waals surface area contributed by atoms with E-state index < -0.39 is 0 Å². The number of rotatable bonds is 5. The van der Waals surface area contributed by atoms with Crippen molar-refractivity contribution < 1.29 is 9.18 Å². The van der Waals surface area contributed by atoms with E-state index in [4.69, 9.17) is 0 Å². The van der Waals surface area contributed by atoms with Gasteiger partial charge >= 0.3 is 0 Å². The number of carbonyl (C=O) groups is 1. The quantitative estimate of drug-likeness (QED) is 0.448. The molecule has 0 unspecified atom stereocenters. The molecule has 0 aliphatic heterocycles.